The van der Waals surface area contributed by atoms with Crippen LogP contribution in [0.25, 0.3) is 0 Å². The first-order valence-electron chi connectivity index (χ1n) is 5.78. The number of likely N-dealkylation sites (tertiary alicyclic amines) is 1. The molecular formula is C12H21NO3. The Morgan fingerprint density at radius 2 is 2.12 bits per heavy atom. The summed E-state index contributed by atoms with van der Waals surface area (Å²) in [5.74, 6) is -0.00331. The Morgan fingerprint density at radius 1 is 1.56 bits per heavy atom. The molecule has 0 radical (unpaired) electrons. The number of Topliss-reactive ketones (excluding diaryl/α,β-unsaturated/α-hetero) is 1. The van der Waals surface area contributed by atoms with Gasteiger partial charge in [-0.1, -0.05) is 13.8 Å². The number of carbonyl (C=O) groups excluding carboxylic acids is 2. The molecule has 1 N–H and O–H groups in total. The van der Waals surface area contributed by atoms with E-state index in [1.807, 2.05) is 13.8 Å². The zero-order valence-electron chi connectivity index (χ0n) is 10.5. The van der Waals surface area contributed by atoms with Gasteiger partial charge in [0.05, 0.1) is 11.6 Å². The lowest BCUT2D eigenvalue weighted by atomic mass is 9.99. The standard InChI is InChI=1S/C12H21NO3/c1-8(2)11(15)9-5-6-10(14)13(9)7-12(3,4)16/h8-9,16H,5-7H2,1-4H3. The molecule has 4 heteroatoms. The van der Waals surface area contributed by atoms with Crippen LogP contribution in [0.15, 0.2) is 0 Å². The van der Waals surface area contributed by atoms with Gasteiger partial charge in [0.1, 0.15) is 0 Å². The molecule has 1 heterocycles. The second-order valence-electron chi connectivity index (χ2n) is 5.45. The fourth-order valence-electron chi connectivity index (χ4n) is 2.03. The van der Waals surface area contributed by atoms with Crippen LogP contribution in [0.1, 0.15) is 40.5 Å². The summed E-state index contributed by atoms with van der Waals surface area (Å²) in [5, 5.41) is 9.73. The van der Waals surface area contributed by atoms with Gasteiger partial charge in [-0.05, 0) is 20.3 Å². The summed E-state index contributed by atoms with van der Waals surface area (Å²) in [4.78, 5) is 25.1. The Kier molecular flexibility index (Phi) is 3.73. The fourth-order valence-corrected chi connectivity index (χ4v) is 2.03. The third kappa shape index (κ3) is 3.04. The van der Waals surface area contributed by atoms with Crippen molar-refractivity contribution in [3.05, 3.63) is 0 Å². The maximum Gasteiger partial charge on any atom is 0.223 e. The maximum atomic E-state index is 11.9. The number of β-amino-alcohol motifs (C(OH)–C–C–N with tert-alkyl or cyclic N) is 1. The van der Waals surface area contributed by atoms with Gasteiger partial charge in [-0.15, -0.1) is 0 Å². The number of amides is 1. The fraction of sp³-hybridized carbons (Fsp3) is 0.833. The van der Waals surface area contributed by atoms with Crippen molar-refractivity contribution in [1.82, 2.24) is 4.90 Å². The lowest BCUT2D eigenvalue weighted by Gasteiger charge is -2.30. The predicted octanol–water partition coefficient (Wildman–Crippen LogP) is 0.973. The molecule has 1 fully saturated rings. The van der Waals surface area contributed by atoms with E-state index in [4.69, 9.17) is 0 Å². The maximum absolute atomic E-state index is 11.9. The van der Waals surface area contributed by atoms with Crippen LogP contribution in [0, 0.1) is 5.92 Å². The Hall–Kier alpha value is -0.900. The van der Waals surface area contributed by atoms with Crippen molar-refractivity contribution in [2.45, 2.75) is 52.2 Å². The minimum Gasteiger partial charge on any atom is -0.389 e. The van der Waals surface area contributed by atoms with E-state index in [9.17, 15) is 14.7 Å². The summed E-state index contributed by atoms with van der Waals surface area (Å²) < 4.78 is 0. The number of hydrogen-bond acceptors (Lipinski definition) is 3. The van der Waals surface area contributed by atoms with E-state index in [-0.39, 0.29) is 30.2 Å². The number of nitrogens with zero attached hydrogens (tertiary/aromatic N) is 1. The van der Waals surface area contributed by atoms with Gasteiger partial charge in [0, 0.05) is 18.9 Å². The molecule has 0 saturated carbocycles. The molecule has 1 saturated heterocycles. The molecule has 1 atom stereocenters. The molecule has 0 spiro atoms. The molecule has 0 aromatic carbocycles. The molecule has 1 unspecified atom stereocenters. The molecule has 1 aliphatic heterocycles. The first-order chi connectivity index (χ1) is 7.22. The molecule has 16 heavy (non-hydrogen) atoms. The topological polar surface area (TPSA) is 57.6 Å². The molecule has 0 aliphatic carbocycles. The number of aliphatic hydroxyl groups is 1. The smallest absolute Gasteiger partial charge is 0.223 e. The van der Waals surface area contributed by atoms with Crippen molar-refractivity contribution in [3.8, 4) is 0 Å². The zero-order valence-corrected chi connectivity index (χ0v) is 10.5. The Labute approximate surface area is 96.6 Å². The van der Waals surface area contributed by atoms with Crippen LogP contribution < -0.4 is 0 Å². The summed E-state index contributed by atoms with van der Waals surface area (Å²) in [7, 11) is 0. The van der Waals surface area contributed by atoms with Gasteiger partial charge in [0.15, 0.2) is 5.78 Å². The molecule has 1 amide bonds. The Balaban J connectivity index is 2.78. The molecule has 0 bridgehead atoms. The lowest BCUT2D eigenvalue weighted by molar-refractivity contribution is -0.138. The lowest BCUT2D eigenvalue weighted by Crippen LogP contribution is -2.47. The van der Waals surface area contributed by atoms with Crippen LogP contribution in [0.5, 0.6) is 0 Å². The first kappa shape index (κ1) is 13.2. The molecule has 1 rings (SSSR count). The third-order valence-electron chi connectivity index (χ3n) is 2.78. The summed E-state index contributed by atoms with van der Waals surface area (Å²) in [6.45, 7) is 7.21. The highest BCUT2D eigenvalue weighted by Crippen LogP contribution is 2.24. The van der Waals surface area contributed by atoms with E-state index in [0.29, 0.717) is 12.8 Å². The van der Waals surface area contributed by atoms with Crippen LogP contribution in [0.3, 0.4) is 0 Å². The molecule has 0 aromatic heterocycles. The van der Waals surface area contributed by atoms with Crippen molar-refractivity contribution in [2.24, 2.45) is 5.92 Å². The van der Waals surface area contributed by atoms with Crippen molar-refractivity contribution < 1.29 is 14.7 Å². The van der Waals surface area contributed by atoms with Gasteiger partial charge < -0.3 is 10.0 Å². The van der Waals surface area contributed by atoms with Gasteiger partial charge in [0.2, 0.25) is 5.91 Å². The monoisotopic (exact) mass is 227 g/mol. The van der Waals surface area contributed by atoms with Crippen molar-refractivity contribution in [3.63, 3.8) is 0 Å². The van der Waals surface area contributed by atoms with Crippen LogP contribution in [-0.2, 0) is 9.59 Å². The molecular weight excluding hydrogens is 206 g/mol. The molecule has 92 valence electrons. The van der Waals surface area contributed by atoms with Crippen LogP contribution >= 0.6 is 0 Å². The average molecular weight is 227 g/mol. The number of hydrogen-bond donors (Lipinski definition) is 1. The van der Waals surface area contributed by atoms with Gasteiger partial charge in [-0.2, -0.15) is 0 Å². The van der Waals surface area contributed by atoms with Gasteiger partial charge in [-0.3, -0.25) is 9.59 Å². The normalized spacial score (nSPS) is 22.0. The van der Waals surface area contributed by atoms with E-state index in [2.05, 4.69) is 0 Å². The molecule has 0 aromatic rings. The van der Waals surface area contributed by atoms with Crippen LogP contribution in [0.2, 0.25) is 0 Å². The summed E-state index contributed by atoms with van der Waals surface area (Å²) >= 11 is 0. The molecule has 1 aliphatic rings. The highest BCUT2D eigenvalue weighted by Gasteiger charge is 2.38. The van der Waals surface area contributed by atoms with Gasteiger partial charge in [-0.25, -0.2) is 0 Å². The van der Waals surface area contributed by atoms with Crippen molar-refractivity contribution in [1.29, 1.82) is 0 Å². The SMILES string of the molecule is CC(C)C(=O)C1CCC(=O)N1CC(C)(C)O. The first-order valence-corrected chi connectivity index (χ1v) is 5.78. The van der Waals surface area contributed by atoms with Crippen LogP contribution in [0.4, 0.5) is 0 Å². The highest BCUT2D eigenvalue weighted by molar-refractivity contribution is 5.93. The second kappa shape index (κ2) is 4.53. The predicted molar refractivity (Wildman–Crippen MR) is 60.9 cm³/mol. The number of ketones is 1. The van der Waals surface area contributed by atoms with E-state index in [0.717, 1.165) is 0 Å². The average Bonchev–Trinajstić information content (AvgIpc) is 2.44. The molecule has 4 nitrogen and oxygen atoms in total. The van der Waals surface area contributed by atoms with Crippen molar-refractivity contribution in [2.75, 3.05) is 6.54 Å². The highest BCUT2D eigenvalue weighted by atomic mass is 16.3. The van der Waals surface area contributed by atoms with E-state index in [1.165, 1.54) is 4.90 Å². The van der Waals surface area contributed by atoms with Gasteiger partial charge in [0.25, 0.3) is 0 Å². The minimum atomic E-state index is -0.949. The van der Waals surface area contributed by atoms with E-state index >= 15 is 0 Å². The van der Waals surface area contributed by atoms with Crippen LogP contribution in [-0.4, -0.2) is 39.9 Å². The third-order valence-corrected chi connectivity index (χ3v) is 2.78. The summed E-state index contributed by atoms with van der Waals surface area (Å²) in [6, 6.07) is -0.334. The second-order valence-corrected chi connectivity index (χ2v) is 5.45. The Morgan fingerprint density at radius 3 is 2.56 bits per heavy atom. The zero-order chi connectivity index (χ0) is 12.5. The largest absolute Gasteiger partial charge is 0.389 e. The van der Waals surface area contributed by atoms with Crippen molar-refractivity contribution >= 4 is 11.7 Å². The minimum absolute atomic E-state index is 0.0267. The Bertz CT molecular complexity index is 291. The van der Waals surface area contributed by atoms with E-state index < -0.39 is 5.60 Å². The van der Waals surface area contributed by atoms with E-state index in [1.54, 1.807) is 13.8 Å². The quantitative estimate of drug-likeness (QED) is 0.778. The summed E-state index contributed by atoms with van der Waals surface area (Å²) in [6.07, 6.45) is 1.01. The number of rotatable bonds is 4. The number of carbonyl (C=O) groups is 2. The summed E-state index contributed by atoms with van der Waals surface area (Å²) in [5.41, 5.74) is -0.949. The van der Waals surface area contributed by atoms with Gasteiger partial charge >= 0.3 is 0 Å².